The average Bonchev–Trinajstić information content (AvgIpc) is 3.08. The summed E-state index contributed by atoms with van der Waals surface area (Å²) in [5.74, 6) is -9.83. The smallest absolute Gasteiger partial charge is 0.336 e. The van der Waals surface area contributed by atoms with Crippen LogP contribution in [0.3, 0.4) is 0 Å². The molecule has 0 unspecified atom stereocenters. The Morgan fingerprint density at radius 3 is 0.442 bits per heavy atom. The summed E-state index contributed by atoms with van der Waals surface area (Å²) in [6.45, 7) is 1.28. The zero-order valence-corrected chi connectivity index (χ0v) is 26.6. The lowest BCUT2D eigenvalue weighted by atomic mass is 10.1. The van der Waals surface area contributed by atoms with Crippen molar-refractivity contribution in [1.29, 1.82) is 0 Å². The van der Waals surface area contributed by atoms with Crippen molar-refractivity contribution >= 4 is 47.8 Å². The lowest BCUT2D eigenvalue weighted by molar-refractivity contribution is -0.0228. The van der Waals surface area contributed by atoms with Crippen LogP contribution in [0.25, 0.3) is 0 Å². The molecule has 0 spiro atoms. The zero-order chi connectivity index (χ0) is 40.1. The van der Waals surface area contributed by atoms with Gasteiger partial charge in [-0.15, -0.1) is 0 Å². The normalized spacial score (nSPS) is 9.31. The number of benzene rings is 4. The predicted octanol–water partition coefficient (Wildman–Crippen LogP) is 3.65. The highest BCUT2D eigenvalue weighted by molar-refractivity contribution is 6.03. The summed E-state index contributed by atoms with van der Waals surface area (Å²) >= 11 is 0. The molecule has 52 heavy (non-hydrogen) atoms. The largest absolute Gasteiger partial charge is 0.478 e. The molecule has 0 aliphatic carbocycles. The third kappa shape index (κ3) is 15.6. The second-order valence-corrected chi connectivity index (χ2v) is 9.26. The first kappa shape index (κ1) is 44.6. The molecule has 4 rings (SSSR count). The molecule has 10 N–H and O–H groups in total. The van der Waals surface area contributed by atoms with Crippen LogP contribution in [0, 0.1) is 0 Å². The Labute approximate surface area is 292 Å². The van der Waals surface area contributed by atoms with E-state index >= 15 is 0 Å². The van der Waals surface area contributed by atoms with Crippen molar-refractivity contribution in [3.05, 3.63) is 142 Å². The molecule has 0 saturated carbocycles. The van der Waals surface area contributed by atoms with Crippen LogP contribution in [0.2, 0.25) is 0 Å². The van der Waals surface area contributed by atoms with Gasteiger partial charge in [-0.1, -0.05) is 48.5 Å². The lowest BCUT2D eigenvalue weighted by Crippen LogP contribution is -2.06. The molecule has 0 radical (unpaired) electrons. The van der Waals surface area contributed by atoms with Crippen LogP contribution in [0.1, 0.15) is 89.8 Å². The number of hydrogen-bond donors (Lipinski definition) is 10. The second-order valence-electron chi connectivity index (χ2n) is 9.26. The number of rotatable bonds is 8. The van der Waals surface area contributed by atoms with Crippen LogP contribution < -0.4 is 0 Å². The molecule has 0 fully saturated rings. The van der Waals surface area contributed by atoms with Crippen LogP contribution >= 0.6 is 0 Å². The molecule has 0 atom stereocenters. The molecule has 0 aromatic heterocycles. The van der Waals surface area contributed by atoms with E-state index in [4.69, 9.17) is 51.1 Å². The molecule has 18 nitrogen and oxygen atoms in total. The Hall–Kier alpha value is -7.44. The molecule has 0 saturated heterocycles. The first-order valence-corrected chi connectivity index (χ1v) is 13.8. The van der Waals surface area contributed by atoms with E-state index in [1.165, 1.54) is 104 Å². The Bertz CT molecular complexity index is 1510. The van der Waals surface area contributed by atoms with Gasteiger partial charge in [-0.25, -0.2) is 38.4 Å². The molecule has 0 bridgehead atoms. The van der Waals surface area contributed by atoms with Gasteiger partial charge in [0.25, 0.3) is 0 Å². The maximum atomic E-state index is 10.5. The van der Waals surface area contributed by atoms with E-state index in [-0.39, 0.29) is 44.5 Å². The first-order valence-electron chi connectivity index (χ1n) is 13.8. The summed E-state index contributed by atoms with van der Waals surface area (Å²) in [4.78, 5) is 83.7. The summed E-state index contributed by atoms with van der Waals surface area (Å²) < 4.78 is 0. The molecular weight excluding hydrogens is 696 g/mol. The van der Waals surface area contributed by atoms with Crippen LogP contribution in [-0.4, -0.2) is 105 Å². The minimum Gasteiger partial charge on any atom is -0.478 e. The lowest BCUT2D eigenvalue weighted by Gasteiger charge is -1.98. The van der Waals surface area contributed by atoms with E-state index in [1.807, 2.05) is 0 Å². The van der Waals surface area contributed by atoms with Gasteiger partial charge in [0, 0.05) is 0 Å². The summed E-state index contributed by atoms with van der Waals surface area (Å²) in [5.41, 5.74) is -1.52. The van der Waals surface area contributed by atoms with Crippen molar-refractivity contribution in [3.63, 3.8) is 0 Å². The number of carboxylic acids is 8. The Kier molecular flexibility index (Phi) is 19.1. The molecule has 0 amide bonds. The molecule has 4 aromatic rings. The molecule has 0 aliphatic heterocycles. The summed E-state index contributed by atoms with van der Waals surface area (Å²) in [6.07, 6.45) is -1.17. The van der Waals surface area contributed by atoms with Crippen LogP contribution in [0.5, 0.6) is 0 Å². The van der Waals surface area contributed by atoms with Crippen molar-refractivity contribution < 1.29 is 89.4 Å². The van der Waals surface area contributed by atoms with Gasteiger partial charge in [-0.3, -0.25) is 0 Å². The molecule has 18 heteroatoms. The molecule has 0 heterocycles. The highest BCUT2D eigenvalue weighted by atomic mass is 16.5. The highest BCUT2D eigenvalue weighted by Crippen LogP contribution is 2.10. The molecule has 0 aliphatic rings. The number of carbonyl (C=O) groups is 8. The Morgan fingerprint density at radius 1 is 0.308 bits per heavy atom. The monoisotopic (exact) mass is 726 g/mol. The maximum Gasteiger partial charge on any atom is 0.336 e. The van der Waals surface area contributed by atoms with E-state index in [0.717, 1.165) is 0 Å². The van der Waals surface area contributed by atoms with Gasteiger partial charge >= 0.3 is 47.8 Å². The third-order valence-electron chi connectivity index (χ3n) is 5.55. The van der Waals surface area contributed by atoms with Crippen LogP contribution in [-0.2, 0) is 0 Å². The predicted molar refractivity (Wildman–Crippen MR) is 175 cm³/mol. The van der Waals surface area contributed by atoms with Crippen molar-refractivity contribution in [1.82, 2.24) is 0 Å². The highest BCUT2D eigenvalue weighted by Gasteiger charge is 2.16. The minimum atomic E-state index is -1.23. The fourth-order valence-corrected chi connectivity index (χ4v) is 3.42. The van der Waals surface area contributed by atoms with Gasteiger partial charge in [-0.05, 0) is 55.5 Å². The van der Waals surface area contributed by atoms with Crippen molar-refractivity contribution in [3.8, 4) is 0 Å². The van der Waals surface area contributed by atoms with Crippen LogP contribution in [0.4, 0.5) is 0 Å². The zero-order valence-electron chi connectivity index (χ0n) is 26.6. The van der Waals surface area contributed by atoms with Gasteiger partial charge in [0.1, 0.15) is 6.29 Å². The van der Waals surface area contributed by atoms with Crippen molar-refractivity contribution in [2.75, 3.05) is 0 Å². The quantitative estimate of drug-likeness (QED) is 0.116. The van der Waals surface area contributed by atoms with Gasteiger partial charge in [-0.2, -0.15) is 0 Å². The molecule has 4 aromatic carbocycles. The van der Waals surface area contributed by atoms with E-state index in [2.05, 4.69) is 0 Å². The average molecular weight is 727 g/mol. The van der Waals surface area contributed by atoms with Gasteiger partial charge in [0.15, 0.2) is 0 Å². The van der Waals surface area contributed by atoms with E-state index in [1.54, 1.807) is 0 Å². The fraction of sp³-hybridized carbons (Fsp3) is 0.0588. The SMILES string of the molecule is CC(O)O.O=C(O)c1ccccc1C(=O)O.O=C(O)c1ccccc1C(=O)O.O=C(O)c1ccccc1C(=O)O.O=C(O)c1ccccc1C(=O)O. The molecular formula is C34H30O18. The van der Waals surface area contributed by atoms with Crippen molar-refractivity contribution in [2.45, 2.75) is 13.2 Å². The summed E-state index contributed by atoms with van der Waals surface area (Å²) in [6, 6.07) is 21.9. The van der Waals surface area contributed by atoms with E-state index in [0.29, 0.717) is 0 Å². The van der Waals surface area contributed by atoms with E-state index < -0.39 is 54.0 Å². The first-order chi connectivity index (χ1) is 24.2. The van der Waals surface area contributed by atoms with Gasteiger partial charge in [0.2, 0.25) is 0 Å². The summed E-state index contributed by atoms with van der Waals surface area (Å²) in [5, 5.41) is 83.6. The topological polar surface area (TPSA) is 339 Å². The number of carboxylic acid groups (broad SMARTS) is 8. The number of aromatic carboxylic acids is 8. The number of aliphatic hydroxyl groups is 2. The van der Waals surface area contributed by atoms with Gasteiger partial charge in [0.05, 0.1) is 44.5 Å². The number of aliphatic hydroxyl groups excluding tert-OH is 1. The maximum absolute atomic E-state index is 10.5. The van der Waals surface area contributed by atoms with E-state index in [9.17, 15) is 38.4 Å². The standard InChI is InChI=1S/4C8H6O4.C2H6O2/c4*9-7(10)5-3-1-2-4-6(5)8(11)12;1-2(3)4/h4*1-4H,(H,9,10)(H,11,12);2-4H,1H3. The number of hydrogen-bond acceptors (Lipinski definition) is 10. The summed E-state index contributed by atoms with van der Waals surface area (Å²) in [7, 11) is 0. The third-order valence-corrected chi connectivity index (χ3v) is 5.55. The molecule has 274 valence electrons. The van der Waals surface area contributed by atoms with Gasteiger partial charge < -0.3 is 51.1 Å². The Balaban J connectivity index is 0.000000644. The Morgan fingerprint density at radius 2 is 0.385 bits per heavy atom. The van der Waals surface area contributed by atoms with Crippen molar-refractivity contribution in [2.24, 2.45) is 0 Å². The van der Waals surface area contributed by atoms with Crippen LogP contribution in [0.15, 0.2) is 97.1 Å². The second kappa shape index (κ2) is 22.2. The minimum absolute atomic E-state index is 0.190. The fourth-order valence-electron chi connectivity index (χ4n) is 3.42.